The van der Waals surface area contributed by atoms with E-state index in [-0.39, 0.29) is 5.92 Å². The molecule has 0 amide bonds. The first-order valence-electron chi connectivity index (χ1n) is 7.79. The number of hydrogen-bond acceptors (Lipinski definition) is 2. The monoisotopic (exact) mass is 250 g/mol. The van der Waals surface area contributed by atoms with E-state index in [0.717, 1.165) is 12.3 Å². The molecule has 1 fully saturated rings. The highest BCUT2D eigenvalue weighted by molar-refractivity contribution is 4.98. The van der Waals surface area contributed by atoms with Gasteiger partial charge in [-0.3, -0.25) is 4.90 Å². The number of nitriles is 1. The van der Waals surface area contributed by atoms with E-state index in [9.17, 15) is 5.26 Å². The Morgan fingerprint density at radius 3 is 2.61 bits per heavy atom. The molecule has 0 aromatic heterocycles. The molecule has 0 bridgehead atoms. The Morgan fingerprint density at radius 2 is 2.06 bits per heavy atom. The Bertz CT molecular complexity index is 269. The van der Waals surface area contributed by atoms with E-state index in [4.69, 9.17) is 0 Å². The van der Waals surface area contributed by atoms with Gasteiger partial charge in [0.1, 0.15) is 0 Å². The number of nitrogens with zero attached hydrogens (tertiary/aromatic N) is 2. The third kappa shape index (κ3) is 3.99. The Kier molecular flexibility index (Phi) is 6.71. The van der Waals surface area contributed by atoms with Crippen molar-refractivity contribution >= 4 is 0 Å². The van der Waals surface area contributed by atoms with Gasteiger partial charge in [0.05, 0.1) is 12.0 Å². The number of rotatable bonds is 6. The van der Waals surface area contributed by atoms with E-state index in [1.807, 2.05) is 0 Å². The lowest BCUT2D eigenvalue weighted by Gasteiger charge is -2.42. The van der Waals surface area contributed by atoms with Crippen LogP contribution >= 0.6 is 0 Å². The van der Waals surface area contributed by atoms with Crippen LogP contribution in [0.4, 0.5) is 0 Å². The Morgan fingerprint density at radius 1 is 1.33 bits per heavy atom. The van der Waals surface area contributed by atoms with Crippen molar-refractivity contribution in [3.8, 4) is 6.07 Å². The lowest BCUT2D eigenvalue weighted by atomic mass is 9.78. The van der Waals surface area contributed by atoms with E-state index in [2.05, 4.69) is 38.7 Å². The molecule has 1 aliphatic carbocycles. The molecule has 0 heterocycles. The molecule has 2 heteroatoms. The highest BCUT2D eigenvalue weighted by atomic mass is 15.2. The fraction of sp³-hybridized carbons (Fsp3) is 0.938. The maximum Gasteiger partial charge on any atom is 0.0672 e. The molecule has 18 heavy (non-hydrogen) atoms. The highest BCUT2D eigenvalue weighted by Crippen LogP contribution is 2.33. The topological polar surface area (TPSA) is 27.0 Å². The summed E-state index contributed by atoms with van der Waals surface area (Å²) >= 11 is 0. The summed E-state index contributed by atoms with van der Waals surface area (Å²) in [7, 11) is 0. The molecule has 104 valence electrons. The Labute approximate surface area is 113 Å². The SMILES string of the molecule is CCCCN(C(C)CC)C1CC(C)CCC1C#N. The van der Waals surface area contributed by atoms with Gasteiger partial charge in [-0.2, -0.15) is 5.26 Å². The molecule has 1 rings (SSSR count). The van der Waals surface area contributed by atoms with Gasteiger partial charge >= 0.3 is 0 Å². The first-order valence-corrected chi connectivity index (χ1v) is 7.79. The van der Waals surface area contributed by atoms with Gasteiger partial charge in [0.2, 0.25) is 0 Å². The quantitative estimate of drug-likeness (QED) is 0.706. The van der Waals surface area contributed by atoms with E-state index >= 15 is 0 Å². The second-order valence-corrected chi connectivity index (χ2v) is 6.07. The molecule has 4 atom stereocenters. The number of hydrogen-bond donors (Lipinski definition) is 0. The van der Waals surface area contributed by atoms with E-state index in [1.54, 1.807) is 0 Å². The van der Waals surface area contributed by atoms with Crippen molar-refractivity contribution in [2.75, 3.05) is 6.54 Å². The third-order valence-electron chi connectivity index (χ3n) is 4.60. The zero-order valence-electron chi connectivity index (χ0n) is 12.7. The summed E-state index contributed by atoms with van der Waals surface area (Å²) in [6.07, 6.45) is 7.23. The van der Waals surface area contributed by atoms with Crippen LogP contribution in [-0.2, 0) is 0 Å². The van der Waals surface area contributed by atoms with Gasteiger partial charge < -0.3 is 0 Å². The molecule has 0 aromatic carbocycles. The van der Waals surface area contributed by atoms with Gasteiger partial charge in [0, 0.05) is 12.1 Å². The third-order valence-corrected chi connectivity index (χ3v) is 4.60. The summed E-state index contributed by atoms with van der Waals surface area (Å²) < 4.78 is 0. The fourth-order valence-corrected chi connectivity index (χ4v) is 3.16. The molecular weight excluding hydrogens is 220 g/mol. The van der Waals surface area contributed by atoms with Crippen LogP contribution in [0.5, 0.6) is 0 Å². The minimum atomic E-state index is 0.257. The van der Waals surface area contributed by atoms with Crippen molar-refractivity contribution in [1.29, 1.82) is 5.26 Å². The standard InChI is InChI=1S/C16H30N2/c1-5-7-10-18(14(4)6-2)16-11-13(3)8-9-15(16)12-17/h13-16H,5-11H2,1-4H3. The molecule has 0 N–H and O–H groups in total. The first-order chi connectivity index (χ1) is 8.63. The predicted octanol–water partition coefficient (Wildman–Crippen LogP) is 4.22. The highest BCUT2D eigenvalue weighted by Gasteiger charge is 2.34. The predicted molar refractivity (Wildman–Crippen MR) is 77.3 cm³/mol. The lowest BCUT2D eigenvalue weighted by Crippen LogP contribution is -2.48. The van der Waals surface area contributed by atoms with Crippen LogP contribution in [0.1, 0.15) is 66.2 Å². The molecule has 1 aliphatic rings. The maximum atomic E-state index is 9.40. The maximum absolute atomic E-state index is 9.40. The summed E-state index contributed by atoms with van der Waals surface area (Å²) in [4.78, 5) is 2.63. The van der Waals surface area contributed by atoms with Crippen LogP contribution in [0.2, 0.25) is 0 Å². The average Bonchev–Trinajstić information content (AvgIpc) is 2.39. The molecular formula is C16H30N2. The lowest BCUT2D eigenvalue weighted by molar-refractivity contribution is 0.0683. The zero-order valence-corrected chi connectivity index (χ0v) is 12.7. The van der Waals surface area contributed by atoms with Crippen molar-refractivity contribution in [3.05, 3.63) is 0 Å². The Balaban J connectivity index is 2.76. The first kappa shape index (κ1) is 15.5. The molecule has 0 spiro atoms. The van der Waals surface area contributed by atoms with Crippen molar-refractivity contribution in [2.45, 2.75) is 78.3 Å². The van der Waals surface area contributed by atoms with Crippen molar-refractivity contribution < 1.29 is 0 Å². The van der Waals surface area contributed by atoms with Crippen LogP contribution in [-0.4, -0.2) is 23.5 Å². The molecule has 1 saturated carbocycles. The van der Waals surface area contributed by atoms with Gasteiger partial charge in [0.15, 0.2) is 0 Å². The Hall–Kier alpha value is -0.550. The summed E-state index contributed by atoms with van der Waals surface area (Å²) in [5.41, 5.74) is 0. The minimum Gasteiger partial charge on any atom is -0.296 e. The summed E-state index contributed by atoms with van der Waals surface area (Å²) in [5.74, 6) is 1.04. The van der Waals surface area contributed by atoms with Crippen LogP contribution in [0.3, 0.4) is 0 Å². The fourth-order valence-electron chi connectivity index (χ4n) is 3.16. The van der Waals surface area contributed by atoms with Gasteiger partial charge in [-0.25, -0.2) is 0 Å². The molecule has 0 aliphatic heterocycles. The second kappa shape index (κ2) is 7.79. The molecule has 0 aromatic rings. The molecule has 0 radical (unpaired) electrons. The summed E-state index contributed by atoms with van der Waals surface area (Å²) in [6.45, 7) is 10.3. The molecule has 2 nitrogen and oxygen atoms in total. The second-order valence-electron chi connectivity index (χ2n) is 6.07. The van der Waals surface area contributed by atoms with Crippen molar-refractivity contribution in [1.82, 2.24) is 4.90 Å². The van der Waals surface area contributed by atoms with E-state index < -0.39 is 0 Å². The van der Waals surface area contributed by atoms with Crippen LogP contribution in [0.25, 0.3) is 0 Å². The number of unbranched alkanes of at least 4 members (excludes halogenated alkanes) is 1. The van der Waals surface area contributed by atoms with Crippen molar-refractivity contribution in [2.24, 2.45) is 11.8 Å². The van der Waals surface area contributed by atoms with Crippen molar-refractivity contribution in [3.63, 3.8) is 0 Å². The zero-order chi connectivity index (χ0) is 13.5. The minimum absolute atomic E-state index is 0.257. The van der Waals surface area contributed by atoms with E-state index in [1.165, 1.54) is 38.6 Å². The molecule has 0 saturated heterocycles. The smallest absolute Gasteiger partial charge is 0.0672 e. The van der Waals surface area contributed by atoms with Gasteiger partial charge in [-0.15, -0.1) is 0 Å². The van der Waals surface area contributed by atoms with Gasteiger partial charge in [0.25, 0.3) is 0 Å². The van der Waals surface area contributed by atoms with Crippen LogP contribution in [0, 0.1) is 23.2 Å². The van der Waals surface area contributed by atoms with Gasteiger partial charge in [-0.05, 0) is 51.5 Å². The van der Waals surface area contributed by atoms with Crippen LogP contribution < -0.4 is 0 Å². The van der Waals surface area contributed by atoms with Crippen LogP contribution in [0.15, 0.2) is 0 Å². The molecule has 4 unspecified atom stereocenters. The normalized spacial score (nSPS) is 30.1. The average molecular weight is 250 g/mol. The summed E-state index contributed by atoms with van der Waals surface area (Å²) in [5, 5.41) is 9.40. The largest absolute Gasteiger partial charge is 0.296 e. The van der Waals surface area contributed by atoms with E-state index in [0.29, 0.717) is 12.1 Å². The van der Waals surface area contributed by atoms with Gasteiger partial charge in [-0.1, -0.05) is 27.2 Å². The summed E-state index contributed by atoms with van der Waals surface area (Å²) in [6, 6.07) is 3.68.